The summed E-state index contributed by atoms with van der Waals surface area (Å²) >= 11 is 5.90. The average molecular weight is 305 g/mol. The summed E-state index contributed by atoms with van der Waals surface area (Å²) in [6, 6.07) is 20.2. The van der Waals surface area contributed by atoms with E-state index in [1.165, 1.54) is 10.8 Å². The van der Waals surface area contributed by atoms with Gasteiger partial charge in [0.05, 0.1) is 5.69 Å². The maximum Gasteiger partial charge on any atom is 0.131 e. The molecular formula is C19H13ClN2. The standard InChI is InChI=1S/C19H13ClN2/c20-15-10-7-13(8-11-15)9-12-18-21-16-5-1-3-14-4-2-6-17(22-18)19(14)16/h1-12H,(H,21,22)/b12-9+. The second-order valence-corrected chi connectivity index (χ2v) is 5.62. The Morgan fingerprint density at radius 1 is 0.864 bits per heavy atom. The van der Waals surface area contributed by atoms with Crippen LogP contribution in [-0.4, -0.2) is 5.84 Å². The number of rotatable bonds is 2. The minimum absolute atomic E-state index is 0.742. The molecule has 3 heteroatoms. The molecule has 1 aliphatic heterocycles. The lowest BCUT2D eigenvalue weighted by atomic mass is 10.1. The summed E-state index contributed by atoms with van der Waals surface area (Å²) in [6.07, 6.45) is 4.01. The zero-order valence-corrected chi connectivity index (χ0v) is 12.5. The molecule has 1 N–H and O–H groups in total. The fourth-order valence-electron chi connectivity index (χ4n) is 2.64. The normalized spacial score (nSPS) is 13.2. The van der Waals surface area contributed by atoms with Crippen LogP contribution in [0.4, 0.5) is 11.4 Å². The lowest BCUT2D eigenvalue weighted by molar-refractivity contribution is 1.49. The summed E-state index contributed by atoms with van der Waals surface area (Å²) < 4.78 is 0. The molecule has 1 heterocycles. The highest BCUT2D eigenvalue weighted by atomic mass is 35.5. The predicted octanol–water partition coefficient (Wildman–Crippen LogP) is 5.66. The van der Waals surface area contributed by atoms with Crippen LogP contribution in [0.15, 0.2) is 71.7 Å². The van der Waals surface area contributed by atoms with Crippen LogP contribution < -0.4 is 5.32 Å². The van der Waals surface area contributed by atoms with E-state index < -0.39 is 0 Å². The van der Waals surface area contributed by atoms with E-state index >= 15 is 0 Å². The summed E-state index contributed by atoms with van der Waals surface area (Å²) in [5.41, 5.74) is 3.19. The van der Waals surface area contributed by atoms with Crippen molar-refractivity contribution in [1.29, 1.82) is 0 Å². The molecule has 0 saturated heterocycles. The Bertz CT molecular complexity index is 903. The van der Waals surface area contributed by atoms with Gasteiger partial charge in [-0.2, -0.15) is 0 Å². The Morgan fingerprint density at radius 2 is 1.64 bits per heavy atom. The fourth-order valence-corrected chi connectivity index (χ4v) is 2.77. The van der Waals surface area contributed by atoms with Crippen molar-refractivity contribution in [2.75, 3.05) is 5.32 Å². The molecule has 4 rings (SSSR count). The molecule has 0 aliphatic carbocycles. The lowest BCUT2D eigenvalue weighted by Crippen LogP contribution is -2.11. The minimum Gasteiger partial charge on any atom is -0.340 e. The van der Waals surface area contributed by atoms with Crippen LogP contribution in [0.2, 0.25) is 5.02 Å². The molecule has 22 heavy (non-hydrogen) atoms. The van der Waals surface area contributed by atoms with Gasteiger partial charge in [-0.15, -0.1) is 0 Å². The van der Waals surface area contributed by atoms with Gasteiger partial charge in [0.1, 0.15) is 5.84 Å². The molecule has 0 amide bonds. The highest BCUT2D eigenvalue weighted by molar-refractivity contribution is 6.30. The third-order valence-corrected chi connectivity index (χ3v) is 3.94. The van der Waals surface area contributed by atoms with E-state index in [1.54, 1.807) is 0 Å². The number of aliphatic imine (C=N–C) groups is 1. The zero-order valence-electron chi connectivity index (χ0n) is 11.8. The average Bonchev–Trinajstić information content (AvgIpc) is 2.55. The Labute approximate surface area is 133 Å². The van der Waals surface area contributed by atoms with E-state index in [-0.39, 0.29) is 0 Å². The van der Waals surface area contributed by atoms with Gasteiger partial charge in [-0.25, -0.2) is 4.99 Å². The Kier molecular flexibility index (Phi) is 3.17. The summed E-state index contributed by atoms with van der Waals surface area (Å²) in [6.45, 7) is 0. The van der Waals surface area contributed by atoms with Crippen molar-refractivity contribution in [3.05, 3.63) is 77.3 Å². The van der Waals surface area contributed by atoms with Crippen molar-refractivity contribution in [2.45, 2.75) is 0 Å². The van der Waals surface area contributed by atoms with Gasteiger partial charge in [-0.1, -0.05) is 54.1 Å². The van der Waals surface area contributed by atoms with Crippen LogP contribution in [-0.2, 0) is 0 Å². The van der Waals surface area contributed by atoms with E-state index in [0.29, 0.717) is 0 Å². The van der Waals surface area contributed by atoms with Crippen LogP contribution in [0.3, 0.4) is 0 Å². The van der Waals surface area contributed by atoms with Crippen molar-refractivity contribution >= 4 is 45.7 Å². The molecule has 1 aliphatic rings. The Morgan fingerprint density at radius 3 is 2.45 bits per heavy atom. The molecule has 0 spiro atoms. The van der Waals surface area contributed by atoms with Crippen molar-refractivity contribution in [2.24, 2.45) is 4.99 Å². The molecule has 0 aromatic heterocycles. The first kappa shape index (κ1) is 13.1. The molecule has 3 aromatic carbocycles. The minimum atomic E-state index is 0.742. The zero-order chi connectivity index (χ0) is 14.9. The van der Waals surface area contributed by atoms with Gasteiger partial charge in [0, 0.05) is 16.1 Å². The van der Waals surface area contributed by atoms with E-state index in [4.69, 9.17) is 11.6 Å². The molecule has 0 radical (unpaired) electrons. The molecule has 3 aromatic rings. The molecular weight excluding hydrogens is 292 g/mol. The highest BCUT2D eigenvalue weighted by Gasteiger charge is 2.11. The molecule has 0 bridgehead atoms. The summed E-state index contributed by atoms with van der Waals surface area (Å²) in [7, 11) is 0. The lowest BCUT2D eigenvalue weighted by Gasteiger charge is -2.17. The summed E-state index contributed by atoms with van der Waals surface area (Å²) in [5.74, 6) is 0.834. The first-order valence-corrected chi connectivity index (χ1v) is 7.48. The number of amidine groups is 1. The third kappa shape index (κ3) is 2.38. The second-order valence-electron chi connectivity index (χ2n) is 5.19. The van der Waals surface area contributed by atoms with Crippen LogP contribution in [0.25, 0.3) is 16.8 Å². The quantitative estimate of drug-likeness (QED) is 0.649. The number of halogens is 1. The van der Waals surface area contributed by atoms with Crippen molar-refractivity contribution in [3.63, 3.8) is 0 Å². The number of nitrogens with zero attached hydrogens (tertiary/aromatic N) is 1. The van der Waals surface area contributed by atoms with Gasteiger partial charge in [0.25, 0.3) is 0 Å². The van der Waals surface area contributed by atoms with Crippen molar-refractivity contribution in [3.8, 4) is 0 Å². The predicted molar refractivity (Wildman–Crippen MR) is 95.2 cm³/mol. The van der Waals surface area contributed by atoms with E-state index in [1.807, 2.05) is 48.6 Å². The van der Waals surface area contributed by atoms with E-state index in [2.05, 4.69) is 34.6 Å². The van der Waals surface area contributed by atoms with Crippen LogP contribution in [0.5, 0.6) is 0 Å². The smallest absolute Gasteiger partial charge is 0.131 e. The monoisotopic (exact) mass is 304 g/mol. The number of hydrogen-bond donors (Lipinski definition) is 1. The summed E-state index contributed by atoms with van der Waals surface area (Å²) in [4.78, 5) is 4.69. The molecule has 2 nitrogen and oxygen atoms in total. The molecule has 0 unspecified atom stereocenters. The maximum absolute atomic E-state index is 5.90. The van der Waals surface area contributed by atoms with Gasteiger partial charge >= 0.3 is 0 Å². The highest BCUT2D eigenvalue weighted by Crippen LogP contribution is 2.35. The first-order chi connectivity index (χ1) is 10.8. The second kappa shape index (κ2) is 5.32. The number of nitrogens with one attached hydrogen (secondary N) is 1. The number of anilines is 1. The summed E-state index contributed by atoms with van der Waals surface area (Å²) in [5, 5.41) is 6.50. The third-order valence-electron chi connectivity index (χ3n) is 3.69. The molecule has 106 valence electrons. The number of hydrogen-bond acceptors (Lipinski definition) is 2. The van der Waals surface area contributed by atoms with Crippen LogP contribution in [0, 0.1) is 0 Å². The first-order valence-electron chi connectivity index (χ1n) is 7.11. The molecule has 0 fully saturated rings. The van der Waals surface area contributed by atoms with Gasteiger partial charge in [0.2, 0.25) is 0 Å². The van der Waals surface area contributed by atoms with Crippen LogP contribution in [0.1, 0.15) is 5.56 Å². The Hall–Kier alpha value is -2.58. The van der Waals surface area contributed by atoms with Crippen LogP contribution >= 0.6 is 11.6 Å². The van der Waals surface area contributed by atoms with E-state index in [0.717, 1.165) is 27.8 Å². The SMILES string of the molecule is Clc1ccc(/C=C/C2=Nc3cccc4cccc(c34)N2)cc1. The molecule has 0 saturated carbocycles. The largest absolute Gasteiger partial charge is 0.340 e. The van der Waals surface area contributed by atoms with Gasteiger partial charge in [0.15, 0.2) is 0 Å². The maximum atomic E-state index is 5.90. The van der Waals surface area contributed by atoms with Gasteiger partial charge in [-0.05, 0) is 41.3 Å². The van der Waals surface area contributed by atoms with Crippen molar-refractivity contribution < 1.29 is 0 Å². The molecule has 0 atom stereocenters. The fraction of sp³-hybridized carbons (Fsp3) is 0. The van der Waals surface area contributed by atoms with Gasteiger partial charge < -0.3 is 5.32 Å². The van der Waals surface area contributed by atoms with Crippen molar-refractivity contribution in [1.82, 2.24) is 0 Å². The van der Waals surface area contributed by atoms with E-state index in [9.17, 15) is 0 Å². The van der Waals surface area contributed by atoms with Gasteiger partial charge in [-0.3, -0.25) is 0 Å². The topological polar surface area (TPSA) is 24.4 Å². The number of benzene rings is 3. The Balaban J connectivity index is 1.71.